The van der Waals surface area contributed by atoms with Crippen molar-refractivity contribution in [1.82, 2.24) is 19.5 Å². The molecule has 0 fully saturated rings. The van der Waals surface area contributed by atoms with Crippen molar-refractivity contribution in [2.24, 2.45) is 0 Å². The highest BCUT2D eigenvalue weighted by molar-refractivity contribution is 7.99. The van der Waals surface area contributed by atoms with Crippen LogP contribution in [0.1, 0.15) is 18.5 Å². The van der Waals surface area contributed by atoms with Gasteiger partial charge in [0.1, 0.15) is 5.82 Å². The van der Waals surface area contributed by atoms with Gasteiger partial charge in [-0.2, -0.15) is 0 Å². The van der Waals surface area contributed by atoms with Crippen molar-refractivity contribution in [3.05, 3.63) is 59.9 Å². The summed E-state index contributed by atoms with van der Waals surface area (Å²) in [6.07, 6.45) is 0. The van der Waals surface area contributed by atoms with Crippen molar-refractivity contribution in [2.45, 2.75) is 18.1 Å². The Balaban J connectivity index is 1.49. The standard InChI is InChI=1S/C19H17FN4OS2/c1-12(13-7-9-14(20)10-8-13)23(2)17(25)11-26-18-21-22-19-24(18)15-5-3-4-6-16(15)27-19/h3-10,12H,11H2,1-2H3. The molecule has 27 heavy (non-hydrogen) atoms. The lowest BCUT2D eigenvalue weighted by Crippen LogP contribution is -2.31. The Kier molecular flexibility index (Phi) is 4.84. The van der Waals surface area contributed by atoms with E-state index in [1.807, 2.05) is 35.6 Å². The predicted octanol–water partition coefficient (Wildman–Crippen LogP) is 4.39. The molecular weight excluding hydrogens is 383 g/mol. The Labute approximate surface area is 163 Å². The first-order valence-corrected chi connectivity index (χ1v) is 10.2. The number of carbonyl (C=O) groups excluding carboxylic acids is 1. The number of rotatable bonds is 5. The minimum absolute atomic E-state index is 0.0203. The van der Waals surface area contributed by atoms with Gasteiger partial charge in [0.25, 0.3) is 0 Å². The summed E-state index contributed by atoms with van der Waals surface area (Å²) in [5.74, 6) is -0.0464. The maximum Gasteiger partial charge on any atom is 0.233 e. The second-order valence-electron chi connectivity index (χ2n) is 6.19. The van der Waals surface area contributed by atoms with Gasteiger partial charge in [0.05, 0.1) is 22.0 Å². The molecule has 2 aromatic heterocycles. The topological polar surface area (TPSA) is 50.5 Å². The summed E-state index contributed by atoms with van der Waals surface area (Å²) in [5.41, 5.74) is 1.94. The molecule has 1 amide bonds. The van der Waals surface area contributed by atoms with Crippen molar-refractivity contribution < 1.29 is 9.18 Å². The zero-order valence-corrected chi connectivity index (χ0v) is 16.4. The molecule has 2 aromatic carbocycles. The van der Waals surface area contributed by atoms with Crippen LogP contribution < -0.4 is 0 Å². The minimum atomic E-state index is -0.283. The Morgan fingerprint density at radius 3 is 2.74 bits per heavy atom. The molecule has 5 nitrogen and oxygen atoms in total. The molecule has 1 atom stereocenters. The molecule has 0 saturated heterocycles. The van der Waals surface area contributed by atoms with Crippen LogP contribution in [0.4, 0.5) is 4.39 Å². The molecule has 0 saturated carbocycles. The van der Waals surface area contributed by atoms with E-state index in [4.69, 9.17) is 0 Å². The highest BCUT2D eigenvalue weighted by atomic mass is 32.2. The highest BCUT2D eigenvalue weighted by Gasteiger charge is 2.19. The number of fused-ring (bicyclic) bond motifs is 3. The average Bonchev–Trinajstić information content (AvgIpc) is 3.25. The molecule has 138 valence electrons. The van der Waals surface area contributed by atoms with Crippen molar-refractivity contribution in [3.8, 4) is 0 Å². The molecule has 2 heterocycles. The van der Waals surface area contributed by atoms with Gasteiger partial charge in [-0.1, -0.05) is 47.4 Å². The third-order valence-electron chi connectivity index (χ3n) is 4.56. The van der Waals surface area contributed by atoms with E-state index in [1.165, 1.54) is 23.9 Å². The SMILES string of the molecule is CC(c1ccc(F)cc1)N(C)C(=O)CSc1nnc2sc3ccccc3n12. The van der Waals surface area contributed by atoms with Crippen molar-refractivity contribution in [3.63, 3.8) is 0 Å². The largest absolute Gasteiger partial charge is 0.338 e. The number of hydrogen-bond acceptors (Lipinski definition) is 5. The number of nitrogens with zero attached hydrogens (tertiary/aromatic N) is 4. The number of carbonyl (C=O) groups is 1. The van der Waals surface area contributed by atoms with E-state index >= 15 is 0 Å². The molecule has 0 radical (unpaired) electrons. The quantitative estimate of drug-likeness (QED) is 0.466. The number of amides is 1. The molecule has 0 bridgehead atoms. The van der Waals surface area contributed by atoms with Crippen LogP contribution in [0.25, 0.3) is 15.2 Å². The van der Waals surface area contributed by atoms with E-state index in [9.17, 15) is 9.18 Å². The Morgan fingerprint density at radius 1 is 1.22 bits per heavy atom. The Bertz CT molecular complexity index is 1110. The lowest BCUT2D eigenvalue weighted by molar-refractivity contribution is -0.128. The maximum atomic E-state index is 13.1. The lowest BCUT2D eigenvalue weighted by atomic mass is 10.1. The van der Waals surface area contributed by atoms with Crippen LogP contribution >= 0.6 is 23.1 Å². The molecular formula is C19H17FN4OS2. The molecule has 0 aliphatic rings. The summed E-state index contributed by atoms with van der Waals surface area (Å²) in [7, 11) is 1.76. The summed E-state index contributed by atoms with van der Waals surface area (Å²) in [4.78, 5) is 15.1. The average molecular weight is 401 g/mol. The van der Waals surface area contributed by atoms with E-state index in [1.54, 1.807) is 35.4 Å². The fourth-order valence-corrected chi connectivity index (χ4v) is 4.75. The third kappa shape index (κ3) is 3.42. The number of aromatic nitrogens is 3. The summed E-state index contributed by atoms with van der Waals surface area (Å²) in [6.45, 7) is 1.93. The van der Waals surface area contributed by atoms with E-state index in [-0.39, 0.29) is 23.5 Å². The van der Waals surface area contributed by atoms with E-state index in [0.717, 1.165) is 20.7 Å². The summed E-state index contributed by atoms with van der Waals surface area (Å²) in [5, 5.41) is 9.15. The monoisotopic (exact) mass is 400 g/mol. The maximum absolute atomic E-state index is 13.1. The zero-order valence-electron chi connectivity index (χ0n) is 14.8. The second-order valence-corrected chi connectivity index (χ2v) is 8.14. The summed E-state index contributed by atoms with van der Waals surface area (Å²) < 4.78 is 16.2. The first-order valence-electron chi connectivity index (χ1n) is 8.41. The number of thioether (sulfide) groups is 1. The van der Waals surface area contributed by atoms with Crippen LogP contribution in [0.2, 0.25) is 0 Å². The van der Waals surface area contributed by atoms with Gasteiger partial charge < -0.3 is 4.90 Å². The van der Waals surface area contributed by atoms with Crippen LogP contribution in [0.3, 0.4) is 0 Å². The lowest BCUT2D eigenvalue weighted by Gasteiger charge is -2.25. The van der Waals surface area contributed by atoms with Gasteiger partial charge in [0.15, 0.2) is 5.16 Å². The van der Waals surface area contributed by atoms with Gasteiger partial charge in [-0.05, 0) is 36.8 Å². The molecule has 1 unspecified atom stereocenters. The molecule has 4 aromatic rings. The van der Waals surface area contributed by atoms with Gasteiger partial charge in [-0.15, -0.1) is 10.2 Å². The van der Waals surface area contributed by atoms with Crippen molar-refractivity contribution in [1.29, 1.82) is 0 Å². The van der Waals surface area contributed by atoms with Crippen molar-refractivity contribution in [2.75, 3.05) is 12.8 Å². The van der Waals surface area contributed by atoms with Crippen LogP contribution in [-0.4, -0.2) is 38.2 Å². The summed E-state index contributed by atoms with van der Waals surface area (Å²) >= 11 is 2.95. The fourth-order valence-electron chi connectivity index (χ4n) is 2.86. The highest BCUT2D eigenvalue weighted by Crippen LogP contribution is 2.30. The van der Waals surface area contributed by atoms with Crippen LogP contribution in [0, 0.1) is 5.82 Å². The van der Waals surface area contributed by atoms with E-state index in [0.29, 0.717) is 5.16 Å². The predicted molar refractivity (Wildman–Crippen MR) is 107 cm³/mol. The number of hydrogen-bond donors (Lipinski definition) is 0. The van der Waals surface area contributed by atoms with Gasteiger partial charge in [-0.3, -0.25) is 9.20 Å². The van der Waals surface area contributed by atoms with E-state index < -0.39 is 0 Å². The van der Waals surface area contributed by atoms with Gasteiger partial charge >= 0.3 is 0 Å². The van der Waals surface area contributed by atoms with Gasteiger partial charge in [0, 0.05) is 7.05 Å². The third-order valence-corrected chi connectivity index (χ3v) is 6.49. The minimum Gasteiger partial charge on any atom is -0.338 e. The summed E-state index contributed by atoms with van der Waals surface area (Å²) in [6, 6.07) is 14.1. The Hall–Kier alpha value is -2.45. The first-order chi connectivity index (χ1) is 13.0. The molecule has 4 rings (SSSR count). The number of halogens is 1. The van der Waals surface area contributed by atoms with Gasteiger partial charge in [0.2, 0.25) is 10.9 Å². The van der Waals surface area contributed by atoms with Crippen molar-refractivity contribution >= 4 is 44.2 Å². The molecule has 0 aliphatic heterocycles. The fraction of sp³-hybridized carbons (Fsp3) is 0.211. The smallest absolute Gasteiger partial charge is 0.233 e. The van der Waals surface area contributed by atoms with Crippen LogP contribution in [0.5, 0.6) is 0 Å². The normalized spacial score (nSPS) is 12.6. The first kappa shape index (κ1) is 17.9. The second kappa shape index (κ2) is 7.28. The molecule has 0 aliphatic carbocycles. The molecule has 0 spiro atoms. The number of thiazole rings is 1. The van der Waals surface area contributed by atoms with Crippen LogP contribution in [0.15, 0.2) is 53.7 Å². The van der Waals surface area contributed by atoms with Gasteiger partial charge in [-0.25, -0.2) is 4.39 Å². The molecule has 0 N–H and O–H groups in total. The number of benzene rings is 2. The van der Waals surface area contributed by atoms with Crippen LogP contribution in [-0.2, 0) is 4.79 Å². The zero-order chi connectivity index (χ0) is 19.0. The number of para-hydroxylation sites is 1. The van der Waals surface area contributed by atoms with E-state index in [2.05, 4.69) is 10.2 Å². The molecule has 8 heteroatoms. The Morgan fingerprint density at radius 2 is 1.96 bits per heavy atom.